The van der Waals surface area contributed by atoms with Crippen LogP contribution in [-0.4, -0.2) is 38.0 Å². The molecule has 0 bridgehead atoms. The Morgan fingerprint density at radius 1 is 1.36 bits per heavy atom. The summed E-state index contributed by atoms with van der Waals surface area (Å²) in [4.78, 5) is 12.4. The fourth-order valence-corrected chi connectivity index (χ4v) is 3.85. The van der Waals surface area contributed by atoms with Crippen LogP contribution in [0.1, 0.15) is 36.9 Å². The summed E-state index contributed by atoms with van der Waals surface area (Å²) in [5, 5.41) is 3.02. The molecule has 0 aromatic heterocycles. The van der Waals surface area contributed by atoms with Crippen LogP contribution in [0.15, 0.2) is 24.3 Å². The Hall–Kier alpha value is -1.40. The summed E-state index contributed by atoms with van der Waals surface area (Å²) in [6.45, 7) is 4.77. The molecule has 0 spiro atoms. The molecule has 1 aromatic carbocycles. The molecule has 2 atom stereocenters. The zero-order chi connectivity index (χ0) is 16.3. The summed E-state index contributed by atoms with van der Waals surface area (Å²) in [5.74, 6) is -0.334. The first-order chi connectivity index (χ1) is 10.3. The van der Waals surface area contributed by atoms with Crippen molar-refractivity contribution in [3.05, 3.63) is 35.4 Å². The molecule has 0 unspecified atom stereocenters. The number of benzene rings is 1. The van der Waals surface area contributed by atoms with E-state index in [1.807, 2.05) is 38.1 Å². The largest absolute Gasteiger partial charge is 0.349 e. The van der Waals surface area contributed by atoms with Crippen LogP contribution in [-0.2, 0) is 14.8 Å². The van der Waals surface area contributed by atoms with Crippen LogP contribution in [0.4, 0.5) is 0 Å². The van der Waals surface area contributed by atoms with Gasteiger partial charge in [0.15, 0.2) is 0 Å². The number of carbonyl (C=O) groups is 1. The van der Waals surface area contributed by atoms with E-state index in [0.29, 0.717) is 6.54 Å². The monoisotopic (exact) mass is 324 g/mol. The van der Waals surface area contributed by atoms with Crippen molar-refractivity contribution in [2.24, 2.45) is 5.92 Å². The maximum atomic E-state index is 12.4. The van der Waals surface area contributed by atoms with E-state index in [4.69, 9.17) is 0 Å². The summed E-state index contributed by atoms with van der Waals surface area (Å²) in [6.07, 6.45) is 2.66. The Balaban J connectivity index is 2.01. The zero-order valence-electron chi connectivity index (χ0n) is 13.4. The summed E-state index contributed by atoms with van der Waals surface area (Å²) in [5.41, 5.74) is 2.23. The van der Waals surface area contributed by atoms with Gasteiger partial charge in [0.1, 0.15) is 0 Å². The molecule has 22 heavy (non-hydrogen) atoms. The Morgan fingerprint density at radius 2 is 2.05 bits per heavy atom. The highest BCUT2D eigenvalue weighted by Crippen LogP contribution is 2.21. The van der Waals surface area contributed by atoms with Crippen LogP contribution >= 0.6 is 0 Å². The highest BCUT2D eigenvalue weighted by Gasteiger charge is 2.30. The van der Waals surface area contributed by atoms with Crippen LogP contribution in [0, 0.1) is 12.8 Å². The molecule has 2 rings (SSSR count). The predicted octanol–water partition coefficient (Wildman–Crippen LogP) is 1.84. The van der Waals surface area contributed by atoms with Crippen LogP contribution in [0.2, 0.25) is 0 Å². The third-order valence-corrected chi connectivity index (χ3v) is 5.51. The van der Waals surface area contributed by atoms with E-state index in [9.17, 15) is 13.2 Å². The minimum atomic E-state index is -3.23. The molecule has 0 saturated carbocycles. The molecular formula is C16H24N2O3S. The molecule has 0 aliphatic carbocycles. The molecular weight excluding hydrogens is 300 g/mol. The summed E-state index contributed by atoms with van der Waals surface area (Å²) in [6, 6.07) is 7.87. The topological polar surface area (TPSA) is 66.5 Å². The van der Waals surface area contributed by atoms with E-state index in [1.165, 1.54) is 10.6 Å². The van der Waals surface area contributed by atoms with Gasteiger partial charge >= 0.3 is 0 Å². The number of piperidine rings is 1. The second kappa shape index (κ2) is 6.79. The number of rotatable bonds is 4. The van der Waals surface area contributed by atoms with Gasteiger partial charge in [0.25, 0.3) is 0 Å². The van der Waals surface area contributed by atoms with Crippen molar-refractivity contribution in [3.8, 4) is 0 Å². The number of hydrogen-bond acceptors (Lipinski definition) is 3. The average molecular weight is 324 g/mol. The number of hydrogen-bond donors (Lipinski definition) is 1. The lowest BCUT2D eigenvalue weighted by Crippen LogP contribution is -2.45. The normalized spacial score (nSPS) is 21.3. The molecule has 1 saturated heterocycles. The summed E-state index contributed by atoms with van der Waals surface area (Å²) >= 11 is 0. The Labute approximate surface area is 132 Å². The molecule has 1 amide bonds. The zero-order valence-corrected chi connectivity index (χ0v) is 14.2. The van der Waals surface area contributed by atoms with E-state index in [2.05, 4.69) is 5.32 Å². The molecule has 1 aromatic rings. The van der Waals surface area contributed by atoms with Crippen molar-refractivity contribution in [1.82, 2.24) is 9.62 Å². The molecule has 1 fully saturated rings. The first-order valence-electron chi connectivity index (χ1n) is 7.60. The quantitative estimate of drug-likeness (QED) is 0.919. The van der Waals surface area contributed by atoms with Crippen molar-refractivity contribution in [2.75, 3.05) is 19.3 Å². The minimum absolute atomic E-state index is 0.0656. The molecule has 5 nitrogen and oxygen atoms in total. The van der Waals surface area contributed by atoms with Gasteiger partial charge in [-0.05, 0) is 37.8 Å². The molecule has 122 valence electrons. The van der Waals surface area contributed by atoms with Gasteiger partial charge in [-0.15, -0.1) is 0 Å². The van der Waals surface area contributed by atoms with E-state index >= 15 is 0 Å². The second-order valence-corrected chi connectivity index (χ2v) is 8.03. The maximum absolute atomic E-state index is 12.4. The van der Waals surface area contributed by atoms with Crippen molar-refractivity contribution >= 4 is 15.9 Å². The van der Waals surface area contributed by atoms with Crippen LogP contribution in [0.25, 0.3) is 0 Å². The predicted molar refractivity (Wildman–Crippen MR) is 86.9 cm³/mol. The van der Waals surface area contributed by atoms with Gasteiger partial charge < -0.3 is 5.32 Å². The Kier molecular flexibility index (Phi) is 5.24. The minimum Gasteiger partial charge on any atom is -0.349 e. The number of amides is 1. The van der Waals surface area contributed by atoms with Gasteiger partial charge in [-0.3, -0.25) is 4.79 Å². The van der Waals surface area contributed by atoms with Gasteiger partial charge in [0, 0.05) is 13.1 Å². The van der Waals surface area contributed by atoms with Crippen LogP contribution in [0.3, 0.4) is 0 Å². The molecule has 1 heterocycles. The third kappa shape index (κ3) is 4.08. The lowest BCUT2D eigenvalue weighted by atomic mass is 9.97. The fraction of sp³-hybridized carbons (Fsp3) is 0.562. The average Bonchev–Trinajstić information content (AvgIpc) is 2.46. The first kappa shape index (κ1) is 17.0. The molecule has 1 aliphatic heterocycles. The molecule has 6 heteroatoms. The standard InChI is InChI=1S/C16H24N2O3S/c1-12-7-4-5-9-15(12)13(2)17-16(19)14-8-6-10-18(11-14)22(3,20)21/h4-5,7,9,13-14H,6,8,10-11H2,1-3H3,(H,17,19)/t13-,14+/m1/s1. The number of carbonyl (C=O) groups excluding carboxylic acids is 1. The van der Waals surface area contributed by atoms with Gasteiger partial charge in [-0.1, -0.05) is 24.3 Å². The third-order valence-electron chi connectivity index (χ3n) is 4.24. The van der Waals surface area contributed by atoms with Crippen molar-refractivity contribution in [1.29, 1.82) is 0 Å². The first-order valence-corrected chi connectivity index (χ1v) is 9.45. The van der Waals surface area contributed by atoms with Crippen LogP contribution < -0.4 is 5.32 Å². The van der Waals surface area contributed by atoms with E-state index in [0.717, 1.165) is 24.0 Å². The number of aryl methyl sites for hydroxylation is 1. The second-order valence-electron chi connectivity index (χ2n) is 6.05. The molecule has 1 N–H and O–H groups in total. The highest BCUT2D eigenvalue weighted by atomic mass is 32.2. The van der Waals surface area contributed by atoms with Crippen molar-refractivity contribution < 1.29 is 13.2 Å². The van der Waals surface area contributed by atoms with Gasteiger partial charge in [-0.2, -0.15) is 0 Å². The van der Waals surface area contributed by atoms with Crippen molar-refractivity contribution in [3.63, 3.8) is 0 Å². The molecule has 1 aliphatic rings. The number of sulfonamides is 1. The van der Waals surface area contributed by atoms with Crippen molar-refractivity contribution in [2.45, 2.75) is 32.7 Å². The lowest BCUT2D eigenvalue weighted by molar-refractivity contribution is -0.126. The smallest absolute Gasteiger partial charge is 0.224 e. The summed E-state index contributed by atoms with van der Waals surface area (Å²) < 4.78 is 24.7. The highest BCUT2D eigenvalue weighted by molar-refractivity contribution is 7.88. The van der Waals surface area contributed by atoms with Crippen LogP contribution in [0.5, 0.6) is 0 Å². The maximum Gasteiger partial charge on any atom is 0.224 e. The summed E-state index contributed by atoms with van der Waals surface area (Å²) in [7, 11) is -3.23. The Morgan fingerprint density at radius 3 is 2.68 bits per heavy atom. The number of nitrogens with zero attached hydrogens (tertiary/aromatic N) is 1. The van der Waals surface area contributed by atoms with Gasteiger partial charge in [0.05, 0.1) is 18.2 Å². The van der Waals surface area contributed by atoms with E-state index < -0.39 is 10.0 Å². The SMILES string of the molecule is Cc1ccccc1[C@@H](C)NC(=O)[C@H]1CCCN(S(C)(=O)=O)C1. The molecule has 0 radical (unpaired) electrons. The fourth-order valence-electron chi connectivity index (χ4n) is 2.94. The Bertz CT molecular complexity index is 643. The number of nitrogens with one attached hydrogen (secondary N) is 1. The van der Waals surface area contributed by atoms with Gasteiger partial charge in [0.2, 0.25) is 15.9 Å². The van der Waals surface area contributed by atoms with E-state index in [-0.39, 0.29) is 24.4 Å². The van der Waals surface area contributed by atoms with E-state index in [1.54, 1.807) is 0 Å². The van der Waals surface area contributed by atoms with Gasteiger partial charge in [-0.25, -0.2) is 12.7 Å². The lowest BCUT2D eigenvalue weighted by Gasteiger charge is -2.31.